The fourth-order valence-electron chi connectivity index (χ4n) is 2.50. The van der Waals surface area contributed by atoms with Gasteiger partial charge in [0.1, 0.15) is 41.8 Å². The molecule has 0 fully saturated rings. The molecule has 6 heteroatoms. The number of rotatable bonds is 7. The summed E-state index contributed by atoms with van der Waals surface area (Å²) in [5, 5.41) is 18.2. The average Bonchev–Trinajstić information content (AvgIpc) is 3.18. The highest BCUT2D eigenvalue weighted by atomic mass is 32.1. The van der Waals surface area contributed by atoms with Crippen molar-refractivity contribution in [3.8, 4) is 28.5 Å². The molecule has 0 aliphatic carbocycles. The first-order valence-electron chi connectivity index (χ1n) is 8.78. The van der Waals surface area contributed by atoms with Crippen LogP contribution in [0.1, 0.15) is 5.56 Å². The summed E-state index contributed by atoms with van der Waals surface area (Å²) in [6.07, 6.45) is 8.65. The van der Waals surface area contributed by atoms with Gasteiger partial charge in [0.15, 0.2) is 0 Å². The molecule has 2 aromatic carbocycles. The number of benzene rings is 2. The van der Waals surface area contributed by atoms with Crippen molar-refractivity contribution in [1.29, 1.82) is 10.5 Å². The molecule has 0 N–H and O–H groups in total. The van der Waals surface area contributed by atoms with Crippen LogP contribution < -0.4 is 4.74 Å². The van der Waals surface area contributed by atoms with Crippen molar-refractivity contribution in [3.63, 3.8) is 0 Å². The van der Waals surface area contributed by atoms with Gasteiger partial charge in [-0.1, -0.05) is 48.6 Å². The molecule has 4 nitrogen and oxygen atoms in total. The fraction of sp³-hybridized carbons (Fsp3) is 0.0870. The van der Waals surface area contributed by atoms with E-state index >= 15 is 0 Å². The van der Waals surface area contributed by atoms with Crippen molar-refractivity contribution >= 4 is 27.6 Å². The third-order valence-corrected chi connectivity index (χ3v) is 4.96. The Labute approximate surface area is 172 Å². The first kappa shape index (κ1) is 20.0. The van der Waals surface area contributed by atoms with Crippen molar-refractivity contribution in [2.24, 2.45) is 0 Å². The van der Waals surface area contributed by atoms with Crippen molar-refractivity contribution in [3.05, 3.63) is 77.9 Å². The third-order valence-electron chi connectivity index (χ3n) is 3.88. The van der Waals surface area contributed by atoms with E-state index < -0.39 is 6.67 Å². The van der Waals surface area contributed by atoms with Crippen LogP contribution in [-0.4, -0.2) is 18.3 Å². The lowest BCUT2D eigenvalue weighted by Gasteiger charge is -2.01. The second-order valence-electron chi connectivity index (χ2n) is 5.86. The topological polar surface area (TPSA) is 69.7 Å². The van der Waals surface area contributed by atoms with E-state index in [1.54, 1.807) is 35.6 Å². The molecule has 1 heterocycles. The van der Waals surface area contributed by atoms with Gasteiger partial charge in [0.2, 0.25) is 0 Å². The summed E-state index contributed by atoms with van der Waals surface area (Å²) >= 11 is 1.59. The number of nitrogens with zero attached hydrogens (tertiary/aromatic N) is 3. The number of ether oxygens (including phenoxy) is 1. The summed E-state index contributed by atoms with van der Waals surface area (Å²) in [5.74, 6) is 0.618. The molecular formula is C23H16FN3OS. The highest BCUT2D eigenvalue weighted by Gasteiger charge is 2.07. The van der Waals surface area contributed by atoms with Gasteiger partial charge in [-0.3, -0.25) is 0 Å². The molecule has 1 aromatic heterocycles. The number of allylic oxidation sites excluding steroid dienone is 5. The molecule has 3 aromatic rings. The summed E-state index contributed by atoms with van der Waals surface area (Å²) in [5.41, 5.74) is 2.93. The lowest BCUT2D eigenvalue weighted by atomic mass is 10.1. The monoisotopic (exact) mass is 401 g/mol. The van der Waals surface area contributed by atoms with Crippen LogP contribution in [0.25, 0.3) is 26.9 Å². The number of hydrogen-bond donors (Lipinski definition) is 0. The molecular weight excluding hydrogens is 385 g/mol. The van der Waals surface area contributed by atoms with Gasteiger partial charge < -0.3 is 4.74 Å². The molecule has 3 rings (SSSR count). The summed E-state index contributed by atoms with van der Waals surface area (Å²) in [6, 6.07) is 17.2. The van der Waals surface area contributed by atoms with Crippen molar-refractivity contribution in [2.45, 2.75) is 0 Å². The minimum Gasteiger partial charge on any atom is -0.491 e. The lowest BCUT2D eigenvalue weighted by Crippen LogP contribution is -1.97. The van der Waals surface area contributed by atoms with E-state index in [0.29, 0.717) is 5.75 Å². The fourth-order valence-corrected chi connectivity index (χ4v) is 3.45. The van der Waals surface area contributed by atoms with Gasteiger partial charge in [-0.25, -0.2) is 9.37 Å². The van der Waals surface area contributed by atoms with Crippen LogP contribution in [-0.2, 0) is 0 Å². The van der Waals surface area contributed by atoms with Gasteiger partial charge in [-0.05, 0) is 23.8 Å². The number of halogens is 1. The van der Waals surface area contributed by atoms with Gasteiger partial charge in [-0.15, -0.1) is 11.3 Å². The predicted molar refractivity (Wildman–Crippen MR) is 114 cm³/mol. The zero-order valence-electron chi connectivity index (χ0n) is 15.4. The van der Waals surface area contributed by atoms with Crippen molar-refractivity contribution < 1.29 is 9.13 Å². The van der Waals surface area contributed by atoms with E-state index in [0.717, 1.165) is 26.4 Å². The lowest BCUT2D eigenvalue weighted by molar-refractivity contribution is 0.273. The van der Waals surface area contributed by atoms with Gasteiger partial charge >= 0.3 is 0 Å². The molecule has 29 heavy (non-hydrogen) atoms. The molecule has 0 unspecified atom stereocenters. The van der Waals surface area contributed by atoms with Crippen LogP contribution in [0.2, 0.25) is 0 Å². The zero-order chi connectivity index (χ0) is 20.5. The summed E-state index contributed by atoms with van der Waals surface area (Å²) in [7, 11) is 0. The van der Waals surface area contributed by atoms with Gasteiger partial charge in [0.25, 0.3) is 0 Å². The number of hydrogen-bond acceptors (Lipinski definition) is 5. The maximum atomic E-state index is 12.3. The molecule has 0 aliphatic heterocycles. The number of thiazole rings is 1. The molecule has 0 spiro atoms. The average molecular weight is 401 g/mol. The second kappa shape index (κ2) is 9.98. The van der Waals surface area contributed by atoms with Crippen LogP contribution in [0.15, 0.2) is 72.3 Å². The van der Waals surface area contributed by atoms with E-state index in [1.807, 2.05) is 54.6 Å². The minimum atomic E-state index is -0.519. The first-order chi connectivity index (χ1) is 14.2. The molecule has 0 radical (unpaired) electrons. The first-order valence-corrected chi connectivity index (χ1v) is 9.60. The Kier molecular flexibility index (Phi) is 6.89. The maximum absolute atomic E-state index is 12.3. The highest BCUT2D eigenvalue weighted by molar-refractivity contribution is 7.21. The highest BCUT2D eigenvalue weighted by Crippen LogP contribution is 2.32. The van der Waals surface area contributed by atoms with E-state index in [2.05, 4.69) is 4.98 Å². The molecule has 0 atom stereocenters. The molecule has 0 aliphatic rings. The number of alkyl halides is 1. The maximum Gasteiger partial charge on any atom is 0.129 e. The van der Waals surface area contributed by atoms with Crippen LogP contribution in [0, 0.1) is 22.7 Å². The van der Waals surface area contributed by atoms with Crippen molar-refractivity contribution in [2.75, 3.05) is 13.3 Å². The van der Waals surface area contributed by atoms with E-state index in [9.17, 15) is 4.39 Å². The zero-order valence-corrected chi connectivity index (χ0v) is 16.2. The van der Waals surface area contributed by atoms with Crippen molar-refractivity contribution in [1.82, 2.24) is 4.98 Å². The summed E-state index contributed by atoms with van der Waals surface area (Å²) in [6.45, 7) is -0.477. The Morgan fingerprint density at radius 3 is 2.59 bits per heavy atom. The normalized spacial score (nSPS) is 10.9. The molecule has 0 bridgehead atoms. The molecule has 0 saturated carbocycles. The number of fused-ring (bicyclic) bond motifs is 1. The van der Waals surface area contributed by atoms with Gasteiger partial charge in [0.05, 0.1) is 10.2 Å². The van der Waals surface area contributed by atoms with Crippen LogP contribution >= 0.6 is 11.3 Å². The molecule has 0 amide bonds. The SMILES string of the molecule is N#CC(C#N)=C/C=C/C=C/c1ccc(-c2nc3cc(OCCF)ccc3s2)cc1. The van der Waals surface area contributed by atoms with E-state index in [1.165, 1.54) is 6.08 Å². The molecule has 142 valence electrons. The Hall–Kier alpha value is -3.74. The second-order valence-corrected chi connectivity index (χ2v) is 6.89. The van der Waals surface area contributed by atoms with Crippen LogP contribution in [0.5, 0.6) is 5.75 Å². The Morgan fingerprint density at radius 2 is 1.86 bits per heavy atom. The number of aromatic nitrogens is 1. The largest absolute Gasteiger partial charge is 0.491 e. The quantitative estimate of drug-likeness (QED) is 0.367. The van der Waals surface area contributed by atoms with Crippen LogP contribution in [0.4, 0.5) is 4.39 Å². The Morgan fingerprint density at radius 1 is 1.07 bits per heavy atom. The Balaban J connectivity index is 1.70. The van der Waals surface area contributed by atoms with Crippen LogP contribution in [0.3, 0.4) is 0 Å². The van der Waals surface area contributed by atoms with Gasteiger partial charge in [-0.2, -0.15) is 10.5 Å². The standard InChI is InChI=1S/C23H16FN3OS/c24-12-13-28-20-10-11-22-21(14-20)27-23(29-22)19-8-6-17(7-9-19)4-2-1-3-5-18(15-25)16-26/h1-11,14H,12-13H2/b3-1+,4-2+. The third kappa shape index (κ3) is 5.38. The summed E-state index contributed by atoms with van der Waals surface area (Å²) in [4.78, 5) is 4.66. The minimum absolute atomic E-state index is 0.0424. The van der Waals surface area contributed by atoms with E-state index in [4.69, 9.17) is 15.3 Å². The van der Waals surface area contributed by atoms with E-state index in [-0.39, 0.29) is 12.2 Å². The predicted octanol–water partition coefficient (Wildman–Crippen LogP) is 5.85. The number of nitriles is 2. The smallest absolute Gasteiger partial charge is 0.129 e. The summed E-state index contributed by atoms with van der Waals surface area (Å²) < 4.78 is 18.6. The molecule has 0 saturated heterocycles. The Bertz CT molecular complexity index is 1150. The van der Waals surface area contributed by atoms with Gasteiger partial charge in [0, 0.05) is 11.6 Å².